The van der Waals surface area contributed by atoms with E-state index in [-0.39, 0.29) is 5.88 Å². The molecule has 0 amide bonds. The van der Waals surface area contributed by atoms with E-state index >= 15 is 0 Å². The molecular weight excluding hydrogens is 440 g/mol. The first-order chi connectivity index (χ1) is 17.1. The standard InChI is InChI=1S/C29H22N2O4/c1-2-33-20-12-10-19(11-13-20)29(32)34-21-14-15-24-26(16-21)35-28(31)25(17-30)27(24)23-9-5-7-18-6-3-4-8-22(18)23/h3-16,27H,2,31H2,1H3. The number of nitriles is 1. The van der Waals surface area contributed by atoms with E-state index in [1.165, 1.54) is 0 Å². The van der Waals surface area contributed by atoms with E-state index in [9.17, 15) is 10.1 Å². The fourth-order valence-corrected chi connectivity index (χ4v) is 4.34. The molecule has 35 heavy (non-hydrogen) atoms. The van der Waals surface area contributed by atoms with Gasteiger partial charge in [-0.1, -0.05) is 48.5 Å². The minimum absolute atomic E-state index is 0.0351. The van der Waals surface area contributed by atoms with Gasteiger partial charge in [-0.15, -0.1) is 0 Å². The van der Waals surface area contributed by atoms with E-state index in [1.807, 2.05) is 55.5 Å². The summed E-state index contributed by atoms with van der Waals surface area (Å²) in [6, 6.07) is 28.1. The lowest BCUT2D eigenvalue weighted by molar-refractivity contribution is 0.0734. The molecule has 0 spiro atoms. The van der Waals surface area contributed by atoms with Gasteiger partial charge in [0, 0.05) is 11.6 Å². The Morgan fingerprint density at radius 3 is 2.49 bits per heavy atom. The molecule has 1 unspecified atom stereocenters. The number of esters is 1. The lowest BCUT2D eigenvalue weighted by atomic mass is 9.81. The van der Waals surface area contributed by atoms with Crippen molar-refractivity contribution in [1.82, 2.24) is 0 Å². The molecule has 1 aliphatic heterocycles. The number of rotatable bonds is 5. The zero-order valence-electron chi connectivity index (χ0n) is 19.0. The van der Waals surface area contributed by atoms with E-state index < -0.39 is 11.9 Å². The first-order valence-corrected chi connectivity index (χ1v) is 11.2. The number of nitrogens with zero attached hydrogens (tertiary/aromatic N) is 1. The van der Waals surface area contributed by atoms with Crippen molar-refractivity contribution in [2.75, 3.05) is 6.61 Å². The van der Waals surface area contributed by atoms with Crippen molar-refractivity contribution in [3.05, 3.63) is 113 Å². The van der Waals surface area contributed by atoms with Crippen molar-refractivity contribution in [1.29, 1.82) is 5.26 Å². The van der Waals surface area contributed by atoms with Crippen LogP contribution in [0.15, 0.2) is 96.4 Å². The average molecular weight is 463 g/mol. The largest absolute Gasteiger partial charge is 0.494 e. The van der Waals surface area contributed by atoms with Crippen LogP contribution in [-0.2, 0) is 0 Å². The third kappa shape index (κ3) is 4.16. The molecule has 4 aromatic carbocycles. The van der Waals surface area contributed by atoms with Crippen molar-refractivity contribution >= 4 is 16.7 Å². The van der Waals surface area contributed by atoms with Gasteiger partial charge in [0.2, 0.25) is 5.88 Å². The Morgan fingerprint density at radius 2 is 1.71 bits per heavy atom. The third-order valence-electron chi connectivity index (χ3n) is 5.94. The Kier molecular flexibility index (Phi) is 5.82. The summed E-state index contributed by atoms with van der Waals surface area (Å²) in [5.41, 5.74) is 8.63. The molecule has 6 heteroatoms. The summed E-state index contributed by atoms with van der Waals surface area (Å²) in [4.78, 5) is 12.7. The predicted octanol–water partition coefficient (Wildman–Crippen LogP) is 5.68. The van der Waals surface area contributed by atoms with Gasteiger partial charge in [0.25, 0.3) is 0 Å². The highest BCUT2D eigenvalue weighted by molar-refractivity contribution is 5.91. The van der Waals surface area contributed by atoms with Gasteiger partial charge >= 0.3 is 5.97 Å². The third-order valence-corrected chi connectivity index (χ3v) is 5.94. The van der Waals surface area contributed by atoms with Crippen LogP contribution in [0.1, 0.15) is 34.3 Å². The fraction of sp³-hybridized carbons (Fsp3) is 0.103. The van der Waals surface area contributed by atoms with E-state index in [0.717, 1.165) is 21.9 Å². The molecule has 0 bridgehead atoms. The minimum atomic E-state index is -0.504. The molecule has 0 aliphatic carbocycles. The summed E-state index contributed by atoms with van der Waals surface area (Å²) in [7, 11) is 0. The number of benzene rings is 4. The van der Waals surface area contributed by atoms with Gasteiger partial charge in [0.05, 0.1) is 18.1 Å². The number of allylic oxidation sites excluding steroid dienone is 1. The summed E-state index contributed by atoms with van der Waals surface area (Å²) in [6.45, 7) is 2.44. The molecule has 172 valence electrons. The van der Waals surface area contributed by atoms with Crippen molar-refractivity contribution in [2.24, 2.45) is 5.73 Å². The predicted molar refractivity (Wildman–Crippen MR) is 132 cm³/mol. The van der Waals surface area contributed by atoms with E-state index in [2.05, 4.69) is 6.07 Å². The van der Waals surface area contributed by atoms with Crippen LogP contribution in [0.4, 0.5) is 0 Å². The molecule has 2 N–H and O–H groups in total. The molecule has 5 rings (SSSR count). The smallest absolute Gasteiger partial charge is 0.343 e. The van der Waals surface area contributed by atoms with Crippen LogP contribution in [-0.4, -0.2) is 12.6 Å². The van der Waals surface area contributed by atoms with Gasteiger partial charge in [0.15, 0.2) is 0 Å². The first kappa shape index (κ1) is 22.1. The first-order valence-electron chi connectivity index (χ1n) is 11.2. The van der Waals surface area contributed by atoms with Crippen LogP contribution in [0.3, 0.4) is 0 Å². The number of fused-ring (bicyclic) bond motifs is 2. The SMILES string of the molecule is CCOc1ccc(C(=O)Oc2ccc3c(c2)OC(N)=C(C#N)C3c2cccc3ccccc23)cc1. The number of nitrogens with two attached hydrogens (primary N) is 1. The monoisotopic (exact) mass is 462 g/mol. The molecule has 1 atom stereocenters. The molecule has 4 aromatic rings. The average Bonchev–Trinajstić information content (AvgIpc) is 2.88. The molecule has 1 aliphatic rings. The van der Waals surface area contributed by atoms with Crippen molar-refractivity contribution in [3.8, 4) is 23.3 Å². The minimum Gasteiger partial charge on any atom is -0.494 e. The number of ether oxygens (including phenoxy) is 3. The van der Waals surface area contributed by atoms with Crippen molar-refractivity contribution in [2.45, 2.75) is 12.8 Å². The Labute approximate surface area is 202 Å². The fourth-order valence-electron chi connectivity index (χ4n) is 4.34. The second-order valence-electron chi connectivity index (χ2n) is 8.04. The van der Waals surface area contributed by atoms with Crippen LogP contribution in [0.2, 0.25) is 0 Å². The zero-order chi connectivity index (χ0) is 24.4. The van der Waals surface area contributed by atoms with Crippen LogP contribution < -0.4 is 19.9 Å². The maximum absolute atomic E-state index is 12.7. The Bertz CT molecular complexity index is 1490. The Hall–Kier alpha value is -4.76. The van der Waals surface area contributed by atoms with Crippen LogP contribution in [0.5, 0.6) is 17.2 Å². The summed E-state index contributed by atoms with van der Waals surface area (Å²) in [5, 5.41) is 12.0. The van der Waals surface area contributed by atoms with Crippen molar-refractivity contribution < 1.29 is 19.0 Å². The molecule has 0 radical (unpaired) electrons. The number of carbonyl (C=O) groups excluding carboxylic acids is 1. The second kappa shape index (κ2) is 9.24. The van der Waals surface area contributed by atoms with E-state index in [4.69, 9.17) is 19.9 Å². The number of hydrogen-bond donors (Lipinski definition) is 1. The summed E-state index contributed by atoms with van der Waals surface area (Å²) in [6.07, 6.45) is 0. The van der Waals surface area contributed by atoms with E-state index in [1.54, 1.807) is 36.4 Å². The number of carbonyl (C=O) groups is 1. The quantitative estimate of drug-likeness (QED) is 0.303. The molecule has 0 saturated heterocycles. The lowest BCUT2D eigenvalue weighted by Crippen LogP contribution is -2.21. The highest BCUT2D eigenvalue weighted by atomic mass is 16.5. The van der Waals surface area contributed by atoms with Gasteiger partial charge in [0.1, 0.15) is 28.9 Å². The Balaban J connectivity index is 1.50. The molecule has 0 fully saturated rings. The van der Waals surface area contributed by atoms with Crippen LogP contribution in [0, 0.1) is 11.3 Å². The van der Waals surface area contributed by atoms with Gasteiger partial charge in [-0.05, 0) is 53.6 Å². The maximum atomic E-state index is 12.7. The van der Waals surface area contributed by atoms with Gasteiger partial charge in [-0.3, -0.25) is 0 Å². The molecule has 1 heterocycles. The van der Waals surface area contributed by atoms with Crippen LogP contribution in [0.25, 0.3) is 10.8 Å². The zero-order valence-corrected chi connectivity index (χ0v) is 19.0. The lowest BCUT2D eigenvalue weighted by Gasteiger charge is -2.27. The highest BCUT2D eigenvalue weighted by Gasteiger charge is 2.32. The molecule has 0 saturated carbocycles. The summed E-state index contributed by atoms with van der Waals surface area (Å²) in [5.74, 6) is 0.555. The van der Waals surface area contributed by atoms with Crippen LogP contribution >= 0.6 is 0 Å². The number of hydrogen-bond acceptors (Lipinski definition) is 6. The topological polar surface area (TPSA) is 94.6 Å². The van der Waals surface area contributed by atoms with Crippen molar-refractivity contribution in [3.63, 3.8) is 0 Å². The second-order valence-corrected chi connectivity index (χ2v) is 8.04. The van der Waals surface area contributed by atoms with Gasteiger partial charge < -0.3 is 19.9 Å². The summed E-state index contributed by atoms with van der Waals surface area (Å²) >= 11 is 0. The normalized spacial score (nSPS) is 14.6. The van der Waals surface area contributed by atoms with Gasteiger partial charge in [-0.2, -0.15) is 5.26 Å². The molecule has 6 nitrogen and oxygen atoms in total. The Morgan fingerprint density at radius 1 is 0.971 bits per heavy atom. The maximum Gasteiger partial charge on any atom is 0.343 e. The van der Waals surface area contributed by atoms with E-state index in [0.29, 0.717) is 35.0 Å². The molecule has 0 aromatic heterocycles. The summed E-state index contributed by atoms with van der Waals surface area (Å²) < 4.78 is 16.8. The molecular formula is C29H22N2O4. The highest BCUT2D eigenvalue weighted by Crippen LogP contribution is 2.45. The van der Waals surface area contributed by atoms with Gasteiger partial charge in [-0.25, -0.2) is 4.79 Å².